The van der Waals surface area contributed by atoms with Crippen LogP contribution in [0.3, 0.4) is 0 Å². The maximum atomic E-state index is 13.6. The maximum absolute atomic E-state index is 13.6. The highest BCUT2D eigenvalue weighted by Gasteiger charge is 2.34. The van der Waals surface area contributed by atoms with Gasteiger partial charge in [-0.2, -0.15) is 0 Å². The summed E-state index contributed by atoms with van der Waals surface area (Å²) < 4.78 is 36.8. The highest BCUT2D eigenvalue weighted by atomic mass is 32.2. The molecule has 6 heteroatoms. The number of amides is 1. The van der Waals surface area contributed by atoms with E-state index < -0.39 is 15.7 Å². The van der Waals surface area contributed by atoms with E-state index in [0.717, 1.165) is 6.42 Å². The molecule has 0 saturated carbocycles. The van der Waals surface area contributed by atoms with E-state index in [9.17, 15) is 17.6 Å². The van der Waals surface area contributed by atoms with Gasteiger partial charge in [-0.3, -0.25) is 4.79 Å². The molecule has 1 amide bonds. The number of hydrogen-bond acceptors (Lipinski definition) is 3. The second-order valence-electron chi connectivity index (χ2n) is 5.41. The zero-order valence-electron chi connectivity index (χ0n) is 12.1. The van der Waals surface area contributed by atoms with Crippen LogP contribution >= 0.6 is 0 Å². The van der Waals surface area contributed by atoms with Gasteiger partial charge in [0, 0.05) is 12.6 Å². The van der Waals surface area contributed by atoms with E-state index in [0.29, 0.717) is 18.5 Å². The van der Waals surface area contributed by atoms with E-state index in [1.54, 1.807) is 23.1 Å². The third kappa shape index (κ3) is 4.03. The predicted octanol–water partition coefficient (Wildman–Crippen LogP) is 1.79. The van der Waals surface area contributed by atoms with Crippen LogP contribution < -0.4 is 0 Å². The Morgan fingerprint density at radius 1 is 1.38 bits per heavy atom. The molecule has 0 N–H and O–H groups in total. The van der Waals surface area contributed by atoms with Crippen molar-refractivity contribution in [3.05, 3.63) is 35.6 Å². The Morgan fingerprint density at radius 3 is 2.67 bits per heavy atom. The van der Waals surface area contributed by atoms with Crippen LogP contribution in [0.5, 0.6) is 0 Å². The first-order chi connectivity index (χ1) is 9.93. The molecule has 1 atom stereocenters. The maximum Gasteiger partial charge on any atom is 0.227 e. The molecule has 0 bridgehead atoms. The molecule has 0 aliphatic carbocycles. The minimum Gasteiger partial charge on any atom is -0.338 e. The summed E-state index contributed by atoms with van der Waals surface area (Å²) in [5, 5.41) is 0. The van der Waals surface area contributed by atoms with Crippen molar-refractivity contribution in [3.63, 3.8) is 0 Å². The first-order valence-electron chi connectivity index (χ1n) is 7.16. The van der Waals surface area contributed by atoms with Crippen LogP contribution in [-0.4, -0.2) is 43.3 Å². The summed E-state index contributed by atoms with van der Waals surface area (Å²) in [5.74, 6) is -0.452. The van der Waals surface area contributed by atoms with Gasteiger partial charge in [-0.1, -0.05) is 25.1 Å². The van der Waals surface area contributed by atoms with Crippen molar-refractivity contribution in [2.24, 2.45) is 0 Å². The van der Waals surface area contributed by atoms with Gasteiger partial charge >= 0.3 is 0 Å². The van der Waals surface area contributed by atoms with Crippen molar-refractivity contribution in [2.75, 3.05) is 18.1 Å². The number of carbonyl (C=O) groups excluding carboxylic acids is 1. The van der Waals surface area contributed by atoms with Crippen LogP contribution in [0.2, 0.25) is 0 Å². The lowest BCUT2D eigenvalue weighted by atomic mass is 10.1. The fourth-order valence-electron chi connectivity index (χ4n) is 2.68. The lowest BCUT2D eigenvalue weighted by Crippen LogP contribution is -2.42. The Bertz CT molecular complexity index is 615. The van der Waals surface area contributed by atoms with E-state index in [1.165, 1.54) is 6.07 Å². The zero-order chi connectivity index (χ0) is 15.5. The lowest BCUT2D eigenvalue weighted by Gasteiger charge is -2.28. The molecule has 1 heterocycles. The zero-order valence-corrected chi connectivity index (χ0v) is 12.9. The summed E-state index contributed by atoms with van der Waals surface area (Å²) in [5.41, 5.74) is 0.351. The van der Waals surface area contributed by atoms with Gasteiger partial charge in [0.15, 0.2) is 9.84 Å². The monoisotopic (exact) mass is 313 g/mol. The number of carbonyl (C=O) groups is 1. The van der Waals surface area contributed by atoms with Crippen LogP contribution in [-0.2, 0) is 21.1 Å². The average Bonchev–Trinajstić information content (AvgIpc) is 2.78. The fourth-order valence-corrected chi connectivity index (χ4v) is 4.41. The third-order valence-electron chi connectivity index (χ3n) is 3.73. The van der Waals surface area contributed by atoms with Gasteiger partial charge in [-0.25, -0.2) is 12.8 Å². The molecule has 2 rings (SSSR count). The standard InChI is InChI=1S/C15H20FNO3S/c1-2-8-17(13-7-9-21(19,20)11-13)15(18)10-12-5-3-4-6-14(12)16/h3-6,13H,2,7-11H2,1H3. The number of rotatable bonds is 5. The first-order valence-corrected chi connectivity index (χ1v) is 8.98. The fraction of sp³-hybridized carbons (Fsp3) is 0.533. The number of hydrogen-bond donors (Lipinski definition) is 0. The number of benzene rings is 1. The van der Waals surface area contributed by atoms with Crippen molar-refractivity contribution >= 4 is 15.7 Å². The van der Waals surface area contributed by atoms with Gasteiger partial charge in [-0.05, 0) is 24.5 Å². The van der Waals surface area contributed by atoms with Crippen LogP contribution in [0.15, 0.2) is 24.3 Å². The highest BCUT2D eigenvalue weighted by molar-refractivity contribution is 7.91. The van der Waals surface area contributed by atoms with E-state index in [2.05, 4.69) is 0 Å². The van der Waals surface area contributed by atoms with Crippen molar-refractivity contribution in [1.82, 2.24) is 4.90 Å². The molecule has 0 radical (unpaired) electrons. The Balaban J connectivity index is 2.11. The van der Waals surface area contributed by atoms with Gasteiger partial charge in [0.2, 0.25) is 5.91 Å². The molecular formula is C15H20FNO3S. The van der Waals surface area contributed by atoms with E-state index >= 15 is 0 Å². The SMILES string of the molecule is CCCN(C(=O)Cc1ccccc1F)C1CCS(=O)(=O)C1. The molecule has 116 valence electrons. The van der Waals surface area contributed by atoms with Gasteiger partial charge in [0.05, 0.1) is 17.9 Å². The van der Waals surface area contributed by atoms with Crippen molar-refractivity contribution < 1.29 is 17.6 Å². The van der Waals surface area contributed by atoms with Gasteiger partial charge in [0.1, 0.15) is 5.82 Å². The molecule has 4 nitrogen and oxygen atoms in total. The Kier molecular flexibility index (Phi) is 4.98. The van der Waals surface area contributed by atoms with Gasteiger partial charge in [0.25, 0.3) is 0 Å². The summed E-state index contributed by atoms with van der Waals surface area (Å²) in [7, 11) is -3.04. The van der Waals surface area contributed by atoms with Crippen LogP contribution in [0, 0.1) is 5.82 Å². The summed E-state index contributed by atoms with van der Waals surface area (Å²) >= 11 is 0. The third-order valence-corrected chi connectivity index (χ3v) is 5.48. The Morgan fingerprint density at radius 2 is 2.10 bits per heavy atom. The summed E-state index contributed by atoms with van der Waals surface area (Å²) in [6, 6.07) is 5.91. The molecular weight excluding hydrogens is 293 g/mol. The van der Waals surface area contributed by atoms with Gasteiger partial charge in [-0.15, -0.1) is 0 Å². The molecule has 1 unspecified atom stereocenters. The predicted molar refractivity (Wildman–Crippen MR) is 79.2 cm³/mol. The number of nitrogens with zero attached hydrogens (tertiary/aromatic N) is 1. The molecule has 0 spiro atoms. The Hall–Kier alpha value is -1.43. The summed E-state index contributed by atoms with van der Waals surface area (Å²) in [6.07, 6.45) is 1.20. The summed E-state index contributed by atoms with van der Waals surface area (Å²) in [6.45, 7) is 2.44. The highest BCUT2D eigenvalue weighted by Crippen LogP contribution is 2.20. The van der Waals surface area contributed by atoms with E-state index in [-0.39, 0.29) is 29.9 Å². The first kappa shape index (κ1) is 15.9. The number of halogens is 1. The van der Waals surface area contributed by atoms with Crippen LogP contribution in [0.4, 0.5) is 4.39 Å². The smallest absolute Gasteiger partial charge is 0.227 e. The van der Waals surface area contributed by atoms with Crippen molar-refractivity contribution in [2.45, 2.75) is 32.2 Å². The molecule has 1 aromatic carbocycles. The molecule has 1 aromatic rings. The molecule has 1 aliphatic rings. The molecule has 1 aliphatic heterocycles. The second-order valence-corrected chi connectivity index (χ2v) is 7.64. The quantitative estimate of drug-likeness (QED) is 0.833. The minimum atomic E-state index is -3.04. The van der Waals surface area contributed by atoms with E-state index in [4.69, 9.17) is 0 Å². The van der Waals surface area contributed by atoms with Crippen molar-refractivity contribution in [1.29, 1.82) is 0 Å². The molecule has 21 heavy (non-hydrogen) atoms. The Labute approximate surface area is 124 Å². The van der Waals surface area contributed by atoms with E-state index in [1.807, 2.05) is 6.92 Å². The van der Waals surface area contributed by atoms with Crippen molar-refractivity contribution in [3.8, 4) is 0 Å². The minimum absolute atomic E-state index is 0.0238. The topological polar surface area (TPSA) is 54.5 Å². The van der Waals surface area contributed by atoms with Gasteiger partial charge < -0.3 is 4.90 Å². The lowest BCUT2D eigenvalue weighted by molar-refractivity contribution is -0.132. The molecule has 1 saturated heterocycles. The van der Waals surface area contributed by atoms with Crippen LogP contribution in [0.25, 0.3) is 0 Å². The second kappa shape index (κ2) is 6.56. The normalized spacial score (nSPS) is 20.4. The molecule has 1 fully saturated rings. The summed E-state index contributed by atoms with van der Waals surface area (Å²) in [4.78, 5) is 14.0. The number of sulfone groups is 1. The average molecular weight is 313 g/mol. The largest absolute Gasteiger partial charge is 0.338 e. The van der Waals surface area contributed by atoms with Crippen LogP contribution in [0.1, 0.15) is 25.3 Å². The molecule has 0 aromatic heterocycles.